The summed E-state index contributed by atoms with van der Waals surface area (Å²) in [5.41, 5.74) is 5.32. The van der Waals surface area contributed by atoms with Gasteiger partial charge in [-0.2, -0.15) is 0 Å². The lowest BCUT2D eigenvalue weighted by Gasteiger charge is -2.18. The van der Waals surface area contributed by atoms with Crippen LogP contribution in [0.2, 0.25) is 0 Å². The van der Waals surface area contributed by atoms with Gasteiger partial charge in [-0.1, -0.05) is 26.0 Å². The van der Waals surface area contributed by atoms with E-state index in [-0.39, 0.29) is 5.41 Å². The quantitative estimate of drug-likeness (QED) is 0.838. The summed E-state index contributed by atoms with van der Waals surface area (Å²) in [7, 11) is 2.17. The van der Waals surface area contributed by atoms with E-state index in [2.05, 4.69) is 54.0 Å². The monoisotopic (exact) mass is 279 g/mol. The summed E-state index contributed by atoms with van der Waals surface area (Å²) in [6.07, 6.45) is 6.45. The van der Waals surface area contributed by atoms with E-state index >= 15 is 0 Å². The SMILES string of the molecule is CN1CC(C)(C)c2ccc(-c3cnc(C4CC4)nc3)cc21. The number of anilines is 1. The van der Waals surface area contributed by atoms with Crippen molar-refractivity contribution in [1.29, 1.82) is 0 Å². The van der Waals surface area contributed by atoms with Gasteiger partial charge >= 0.3 is 0 Å². The first kappa shape index (κ1) is 12.8. The summed E-state index contributed by atoms with van der Waals surface area (Å²) in [6, 6.07) is 6.75. The minimum atomic E-state index is 0.231. The number of rotatable bonds is 2. The zero-order chi connectivity index (χ0) is 14.6. The van der Waals surface area contributed by atoms with Crippen LogP contribution in [0, 0.1) is 0 Å². The Morgan fingerprint density at radius 1 is 1.10 bits per heavy atom. The fraction of sp³-hybridized carbons (Fsp3) is 0.444. The van der Waals surface area contributed by atoms with Crippen LogP contribution in [0.25, 0.3) is 11.1 Å². The first-order valence-corrected chi connectivity index (χ1v) is 7.72. The molecule has 0 spiro atoms. The van der Waals surface area contributed by atoms with Gasteiger partial charge in [0.2, 0.25) is 0 Å². The molecular formula is C18H21N3. The number of hydrogen-bond donors (Lipinski definition) is 0. The van der Waals surface area contributed by atoms with E-state index in [0.29, 0.717) is 5.92 Å². The Bertz CT molecular complexity index is 684. The van der Waals surface area contributed by atoms with Crippen LogP contribution in [0.15, 0.2) is 30.6 Å². The summed E-state index contributed by atoms with van der Waals surface area (Å²) in [6.45, 7) is 5.69. The molecule has 0 amide bonds. The lowest BCUT2D eigenvalue weighted by molar-refractivity contribution is 0.563. The Hall–Kier alpha value is -1.90. The van der Waals surface area contributed by atoms with Crippen molar-refractivity contribution < 1.29 is 0 Å². The van der Waals surface area contributed by atoms with Crippen molar-refractivity contribution in [3.8, 4) is 11.1 Å². The largest absolute Gasteiger partial charge is 0.373 e. The topological polar surface area (TPSA) is 29.0 Å². The molecule has 2 aliphatic rings. The van der Waals surface area contributed by atoms with E-state index in [1.807, 2.05) is 12.4 Å². The summed E-state index contributed by atoms with van der Waals surface area (Å²) in [4.78, 5) is 11.4. The van der Waals surface area contributed by atoms with Gasteiger partial charge in [-0.3, -0.25) is 0 Å². The van der Waals surface area contributed by atoms with Gasteiger partial charge < -0.3 is 4.90 Å². The molecule has 1 aromatic carbocycles. The molecule has 1 aromatic heterocycles. The van der Waals surface area contributed by atoms with Gasteiger partial charge in [-0.25, -0.2) is 9.97 Å². The van der Waals surface area contributed by atoms with Crippen molar-refractivity contribution in [3.63, 3.8) is 0 Å². The van der Waals surface area contributed by atoms with Crippen LogP contribution in [0.5, 0.6) is 0 Å². The Morgan fingerprint density at radius 2 is 1.81 bits per heavy atom. The van der Waals surface area contributed by atoms with E-state index in [0.717, 1.165) is 17.9 Å². The minimum absolute atomic E-state index is 0.231. The standard InChI is InChI=1S/C18H21N3/c1-18(2)11-21(3)16-8-13(6-7-15(16)18)14-9-19-17(20-10-14)12-4-5-12/h6-10,12H,4-5,11H2,1-3H3. The van der Waals surface area contributed by atoms with Crippen LogP contribution in [0.1, 0.15) is 44.0 Å². The van der Waals surface area contributed by atoms with E-state index in [9.17, 15) is 0 Å². The zero-order valence-electron chi connectivity index (χ0n) is 12.9. The smallest absolute Gasteiger partial charge is 0.131 e. The highest BCUT2D eigenvalue weighted by Gasteiger charge is 2.33. The van der Waals surface area contributed by atoms with E-state index in [1.54, 1.807) is 0 Å². The average Bonchev–Trinajstić information content (AvgIpc) is 3.28. The lowest BCUT2D eigenvalue weighted by Crippen LogP contribution is -2.24. The van der Waals surface area contributed by atoms with Crippen LogP contribution in [0.4, 0.5) is 5.69 Å². The van der Waals surface area contributed by atoms with E-state index in [4.69, 9.17) is 0 Å². The maximum atomic E-state index is 4.53. The van der Waals surface area contributed by atoms with Crippen LogP contribution < -0.4 is 4.90 Å². The van der Waals surface area contributed by atoms with Crippen molar-refractivity contribution in [2.45, 2.75) is 38.0 Å². The molecular weight excluding hydrogens is 258 g/mol. The molecule has 0 atom stereocenters. The highest BCUT2D eigenvalue weighted by atomic mass is 15.1. The lowest BCUT2D eigenvalue weighted by atomic mass is 9.86. The number of aromatic nitrogens is 2. The normalized spacial score (nSPS) is 19.7. The fourth-order valence-corrected chi connectivity index (χ4v) is 3.40. The number of nitrogens with zero attached hydrogens (tertiary/aromatic N) is 3. The molecule has 108 valence electrons. The summed E-state index contributed by atoms with van der Waals surface area (Å²) in [5.74, 6) is 1.63. The maximum absolute atomic E-state index is 4.53. The van der Waals surface area contributed by atoms with Gasteiger partial charge in [0.15, 0.2) is 0 Å². The summed E-state index contributed by atoms with van der Waals surface area (Å²) in [5, 5.41) is 0. The third-order valence-corrected chi connectivity index (χ3v) is 4.72. The third-order valence-electron chi connectivity index (χ3n) is 4.72. The number of benzene rings is 1. The second kappa shape index (κ2) is 4.30. The summed E-state index contributed by atoms with van der Waals surface area (Å²) >= 11 is 0. The Labute approximate surface area is 126 Å². The van der Waals surface area contributed by atoms with Crippen molar-refractivity contribution in [1.82, 2.24) is 9.97 Å². The summed E-state index contributed by atoms with van der Waals surface area (Å²) < 4.78 is 0. The molecule has 21 heavy (non-hydrogen) atoms. The molecule has 0 unspecified atom stereocenters. The molecule has 0 saturated heterocycles. The molecule has 1 aliphatic heterocycles. The van der Waals surface area contributed by atoms with Crippen molar-refractivity contribution >= 4 is 5.69 Å². The molecule has 2 aromatic rings. The van der Waals surface area contributed by atoms with Crippen LogP contribution in [0.3, 0.4) is 0 Å². The molecule has 0 radical (unpaired) electrons. The highest BCUT2D eigenvalue weighted by Crippen LogP contribution is 2.42. The Kier molecular flexibility index (Phi) is 2.62. The fourth-order valence-electron chi connectivity index (χ4n) is 3.40. The van der Waals surface area contributed by atoms with Gasteiger partial charge in [-0.15, -0.1) is 0 Å². The second-order valence-electron chi connectivity index (χ2n) is 7.08. The van der Waals surface area contributed by atoms with Gasteiger partial charge in [0, 0.05) is 48.6 Å². The molecule has 2 heterocycles. The number of likely N-dealkylation sites (N-methyl/N-ethyl adjacent to an activating group) is 1. The van der Waals surface area contributed by atoms with Crippen LogP contribution in [-0.4, -0.2) is 23.6 Å². The second-order valence-corrected chi connectivity index (χ2v) is 7.08. The van der Waals surface area contributed by atoms with Crippen LogP contribution in [-0.2, 0) is 5.41 Å². The molecule has 1 aliphatic carbocycles. The molecule has 1 saturated carbocycles. The predicted octanol–water partition coefficient (Wildman–Crippen LogP) is 3.75. The molecule has 3 nitrogen and oxygen atoms in total. The first-order chi connectivity index (χ1) is 10.0. The zero-order valence-corrected chi connectivity index (χ0v) is 12.9. The molecule has 1 fully saturated rings. The first-order valence-electron chi connectivity index (χ1n) is 7.72. The predicted molar refractivity (Wildman–Crippen MR) is 85.7 cm³/mol. The Morgan fingerprint density at radius 3 is 2.48 bits per heavy atom. The van der Waals surface area contributed by atoms with Gasteiger partial charge in [0.05, 0.1) is 0 Å². The van der Waals surface area contributed by atoms with Gasteiger partial charge in [0.25, 0.3) is 0 Å². The molecule has 3 heteroatoms. The minimum Gasteiger partial charge on any atom is -0.373 e. The number of hydrogen-bond acceptors (Lipinski definition) is 3. The van der Waals surface area contributed by atoms with Gasteiger partial charge in [0.1, 0.15) is 5.82 Å². The third kappa shape index (κ3) is 2.11. The van der Waals surface area contributed by atoms with Crippen molar-refractivity contribution in [3.05, 3.63) is 42.0 Å². The highest BCUT2D eigenvalue weighted by molar-refractivity contribution is 5.72. The van der Waals surface area contributed by atoms with Crippen molar-refractivity contribution in [2.75, 3.05) is 18.5 Å². The van der Waals surface area contributed by atoms with E-state index in [1.165, 1.54) is 29.7 Å². The molecule has 0 bridgehead atoms. The maximum Gasteiger partial charge on any atom is 0.131 e. The van der Waals surface area contributed by atoms with E-state index < -0.39 is 0 Å². The van der Waals surface area contributed by atoms with Crippen molar-refractivity contribution in [2.24, 2.45) is 0 Å². The average molecular weight is 279 g/mol. The van der Waals surface area contributed by atoms with Crippen LogP contribution >= 0.6 is 0 Å². The number of fused-ring (bicyclic) bond motifs is 1. The molecule has 0 N–H and O–H groups in total. The molecule has 4 rings (SSSR count). The Balaban J connectivity index is 1.71. The van der Waals surface area contributed by atoms with Gasteiger partial charge in [-0.05, 0) is 30.0 Å².